The van der Waals surface area contributed by atoms with Crippen molar-refractivity contribution in [2.45, 2.75) is 19.5 Å². The molecule has 0 aliphatic carbocycles. The molecule has 8 nitrogen and oxygen atoms in total. The zero-order chi connectivity index (χ0) is 16.8. The number of aromatic nitrogens is 4. The molecule has 0 spiro atoms. The minimum Gasteiger partial charge on any atom is -0.454 e. The van der Waals surface area contributed by atoms with Crippen molar-refractivity contribution in [2.75, 3.05) is 6.61 Å². The highest BCUT2D eigenvalue weighted by atomic mass is 35.5. The summed E-state index contributed by atoms with van der Waals surface area (Å²) in [5.74, 6) is -1.07. The van der Waals surface area contributed by atoms with Gasteiger partial charge in [-0.1, -0.05) is 29.3 Å². The van der Waals surface area contributed by atoms with E-state index in [1.165, 1.54) is 11.0 Å². The Kier molecular flexibility index (Phi) is 5.89. The molecule has 0 fully saturated rings. The van der Waals surface area contributed by atoms with Crippen LogP contribution in [0.3, 0.4) is 0 Å². The van der Waals surface area contributed by atoms with Crippen LogP contribution in [0, 0.1) is 0 Å². The Morgan fingerprint density at radius 3 is 2.83 bits per heavy atom. The molecular formula is C13H13Cl2N5O3. The number of hydrogen-bond acceptors (Lipinski definition) is 6. The lowest BCUT2D eigenvalue weighted by atomic mass is 10.1. The fourth-order valence-corrected chi connectivity index (χ4v) is 2.36. The Hall–Kier alpha value is -2.19. The number of nitrogens with one attached hydrogen (secondary N) is 1. The Morgan fingerprint density at radius 2 is 2.17 bits per heavy atom. The molecule has 0 aliphatic rings. The number of carbonyl (C=O) groups is 2. The van der Waals surface area contributed by atoms with Crippen molar-refractivity contribution in [1.82, 2.24) is 25.5 Å². The fraction of sp³-hybridized carbons (Fsp3) is 0.308. The summed E-state index contributed by atoms with van der Waals surface area (Å²) in [6.07, 6.45) is 1.27. The lowest BCUT2D eigenvalue weighted by Gasteiger charge is -2.16. The second-order valence-electron chi connectivity index (χ2n) is 4.62. The summed E-state index contributed by atoms with van der Waals surface area (Å²) in [6, 6.07) is 4.63. The van der Waals surface area contributed by atoms with Crippen LogP contribution in [0.2, 0.25) is 10.0 Å². The molecule has 2 aromatic rings. The van der Waals surface area contributed by atoms with Crippen LogP contribution in [0.4, 0.5) is 0 Å². The lowest BCUT2D eigenvalue weighted by Crippen LogP contribution is -2.31. The molecule has 1 N–H and O–H groups in total. The third kappa shape index (κ3) is 5.19. The van der Waals surface area contributed by atoms with Gasteiger partial charge in [-0.2, -0.15) is 0 Å². The third-order valence-electron chi connectivity index (χ3n) is 2.85. The fourth-order valence-electron chi connectivity index (χ4n) is 1.79. The van der Waals surface area contributed by atoms with Crippen molar-refractivity contribution in [3.63, 3.8) is 0 Å². The van der Waals surface area contributed by atoms with E-state index in [2.05, 4.69) is 20.8 Å². The van der Waals surface area contributed by atoms with E-state index in [4.69, 9.17) is 27.9 Å². The van der Waals surface area contributed by atoms with Crippen molar-refractivity contribution in [3.8, 4) is 0 Å². The normalized spacial score (nSPS) is 11.8. The number of carbonyl (C=O) groups excluding carboxylic acids is 2. The van der Waals surface area contributed by atoms with Crippen molar-refractivity contribution >= 4 is 35.1 Å². The number of rotatable bonds is 6. The number of hydrogen-bond donors (Lipinski definition) is 1. The standard InChI is InChI=1S/C13H13Cl2N5O3/c1-8(10-3-2-9(14)4-11(10)15)17-12(21)6-23-13(22)5-20-7-16-18-19-20/h2-4,7-8H,5-6H2,1H3,(H,17,21)/t8-/m0/s1. The second kappa shape index (κ2) is 7.89. The van der Waals surface area contributed by atoms with Gasteiger partial charge in [0, 0.05) is 10.0 Å². The van der Waals surface area contributed by atoms with Gasteiger partial charge in [0.05, 0.1) is 6.04 Å². The van der Waals surface area contributed by atoms with Gasteiger partial charge in [0.2, 0.25) is 0 Å². The zero-order valence-corrected chi connectivity index (χ0v) is 13.6. The maximum atomic E-state index is 11.8. The first-order valence-corrected chi connectivity index (χ1v) is 7.32. The highest BCUT2D eigenvalue weighted by molar-refractivity contribution is 6.35. The molecule has 0 radical (unpaired) electrons. The minimum atomic E-state index is -0.621. The molecule has 0 bridgehead atoms. The van der Waals surface area contributed by atoms with Crippen molar-refractivity contribution in [2.24, 2.45) is 0 Å². The van der Waals surface area contributed by atoms with Crippen molar-refractivity contribution in [3.05, 3.63) is 40.1 Å². The summed E-state index contributed by atoms with van der Waals surface area (Å²) < 4.78 is 6.03. The Labute approximate surface area is 141 Å². The van der Waals surface area contributed by atoms with E-state index in [9.17, 15) is 9.59 Å². The van der Waals surface area contributed by atoms with Crippen LogP contribution >= 0.6 is 23.2 Å². The maximum Gasteiger partial charge on any atom is 0.328 e. The molecule has 1 amide bonds. The number of halogens is 2. The van der Waals surface area contributed by atoms with Crippen molar-refractivity contribution in [1.29, 1.82) is 0 Å². The van der Waals surface area contributed by atoms with Crippen LogP contribution in [0.15, 0.2) is 24.5 Å². The highest BCUT2D eigenvalue weighted by Gasteiger charge is 2.14. The molecule has 1 aromatic heterocycles. The molecule has 2 rings (SSSR count). The third-order valence-corrected chi connectivity index (χ3v) is 3.42. The Morgan fingerprint density at radius 1 is 1.39 bits per heavy atom. The first-order valence-electron chi connectivity index (χ1n) is 6.56. The lowest BCUT2D eigenvalue weighted by molar-refractivity contribution is -0.149. The zero-order valence-electron chi connectivity index (χ0n) is 12.1. The quantitative estimate of drug-likeness (QED) is 0.784. The summed E-state index contributed by atoms with van der Waals surface area (Å²) in [6.45, 7) is 1.19. The van der Waals surface area contributed by atoms with Gasteiger partial charge in [0.1, 0.15) is 12.9 Å². The first kappa shape index (κ1) is 17.2. The second-order valence-corrected chi connectivity index (χ2v) is 5.47. The van der Waals surface area contributed by atoms with E-state index in [0.29, 0.717) is 15.6 Å². The molecule has 0 unspecified atom stereocenters. The summed E-state index contributed by atoms with van der Waals surface area (Å²) >= 11 is 11.9. The number of nitrogens with zero attached hydrogens (tertiary/aromatic N) is 4. The van der Waals surface area contributed by atoms with Crippen molar-refractivity contribution < 1.29 is 14.3 Å². The number of tetrazole rings is 1. The molecule has 23 heavy (non-hydrogen) atoms. The van der Waals surface area contributed by atoms with E-state index >= 15 is 0 Å². The number of ether oxygens (including phenoxy) is 1. The van der Waals surface area contributed by atoms with E-state index in [1.807, 2.05) is 0 Å². The van der Waals surface area contributed by atoms with Gasteiger partial charge >= 0.3 is 5.97 Å². The number of amides is 1. The van der Waals surface area contributed by atoms with Gasteiger partial charge in [-0.05, 0) is 35.0 Å². The Bertz CT molecular complexity index is 693. The number of benzene rings is 1. The molecule has 0 saturated heterocycles. The summed E-state index contributed by atoms with van der Waals surface area (Å²) in [7, 11) is 0. The summed E-state index contributed by atoms with van der Waals surface area (Å²) in [5, 5.41) is 13.9. The van der Waals surface area contributed by atoms with Gasteiger partial charge < -0.3 is 10.1 Å². The topological polar surface area (TPSA) is 99.0 Å². The smallest absolute Gasteiger partial charge is 0.328 e. The Balaban J connectivity index is 1.81. The molecular weight excluding hydrogens is 345 g/mol. The highest BCUT2D eigenvalue weighted by Crippen LogP contribution is 2.25. The molecule has 1 atom stereocenters. The predicted molar refractivity (Wildman–Crippen MR) is 81.8 cm³/mol. The van der Waals surface area contributed by atoms with Gasteiger partial charge in [0.15, 0.2) is 6.61 Å². The molecule has 10 heteroatoms. The summed E-state index contributed by atoms with van der Waals surface area (Å²) in [4.78, 5) is 23.3. The van der Waals surface area contributed by atoms with Crippen LogP contribution < -0.4 is 5.32 Å². The first-order chi connectivity index (χ1) is 11.0. The number of esters is 1. The van der Waals surface area contributed by atoms with E-state index in [1.54, 1.807) is 25.1 Å². The average Bonchev–Trinajstić information content (AvgIpc) is 2.97. The van der Waals surface area contributed by atoms with Crippen LogP contribution in [0.25, 0.3) is 0 Å². The monoisotopic (exact) mass is 357 g/mol. The minimum absolute atomic E-state index is 0.168. The van der Waals surface area contributed by atoms with E-state index in [-0.39, 0.29) is 12.6 Å². The molecule has 1 heterocycles. The molecule has 122 valence electrons. The van der Waals surface area contributed by atoms with Crippen LogP contribution in [-0.4, -0.2) is 38.7 Å². The van der Waals surface area contributed by atoms with Gasteiger partial charge in [-0.15, -0.1) is 5.10 Å². The van der Waals surface area contributed by atoms with Gasteiger partial charge in [0.25, 0.3) is 5.91 Å². The maximum absolute atomic E-state index is 11.8. The predicted octanol–water partition coefficient (Wildman–Crippen LogP) is 1.40. The van der Waals surface area contributed by atoms with Gasteiger partial charge in [-0.25, -0.2) is 4.68 Å². The van der Waals surface area contributed by atoms with Crippen LogP contribution in [-0.2, 0) is 20.9 Å². The summed E-state index contributed by atoms with van der Waals surface area (Å²) in [5.41, 5.74) is 0.712. The van der Waals surface area contributed by atoms with Gasteiger partial charge in [-0.3, -0.25) is 9.59 Å². The van der Waals surface area contributed by atoms with Crippen LogP contribution in [0.5, 0.6) is 0 Å². The molecule has 1 aromatic carbocycles. The molecule has 0 aliphatic heterocycles. The van der Waals surface area contributed by atoms with E-state index in [0.717, 1.165) is 0 Å². The SMILES string of the molecule is C[C@H](NC(=O)COC(=O)Cn1cnnn1)c1ccc(Cl)cc1Cl. The van der Waals surface area contributed by atoms with Crippen LogP contribution in [0.1, 0.15) is 18.5 Å². The largest absolute Gasteiger partial charge is 0.454 e. The van der Waals surface area contributed by atoms with E-state index < -0.39 is 18.5 Å². The molecule has 0 saturated carbocycles. The average molecular weight is 358 g/mol.